The van der Waals surface area contributed by atoms with Crippen molar-refractivity contribution in [2.45, 2.75) is 13.5 Å². The summed E-state index contributed by atoms with van der Waals surface area (Å²) < 4.78 is 2.03. The molecule has 0 aliphatic carbocycles. The van der Waals surface area contributed by atoms with Gasteiger partial charge in [-0.3, -0.25) is 19.5 Å². The summed E-state index contributed by atoms with van der Waals surface area (Å²) in [6, 6.07) is 4.87. The average molecular weight is 329 g/mol. The van der Waals surface area contributed by atoms with Crippen LogP contribution in [-0.2, 0) is 6.54 Å². The second-order valence-corrected chi connectivity index (χ2v) is 5.45. The lowest BCUT2D eigenvalue weighted by atomic mass is 10.2. The molecule has 0 aliphatic heterocycles. The molecular formula is C11H9BrN2O3S. The van der Waals surface area contributed by atoms with Gasteiger partial charge in [0.05, 0.1) is 15.9 Å². The molecule has 0 amide bonds. The van der Waals surface area contributed by atoms with E-state index in [0.717, 1.165) is 22.6 Å². The number of aryl methyl sites for hydroxylation is 1. The Bertz CT molecular complexity index is 663. The molecule has 94 valence electrons. The van der Waals surface area contributed by atoms with Crippen molar-refractivity contribution >= 4 is 33.0 Å². The fraction of sp³-hybridized carbons (Fsp3) is 0.182. The minimum absolute atomic E-state index is 0.00781. The first-order valence-corrected chi connectivity index (χ1v) is 6.74. The van der Waals surface area contributed by atoms with Crippen LogP contribution >= 0.6 is 27.3 Å². The second-order valence-electron chi connectivity index (χ2n) is 3.77. The Balaban J connectivity index is 2.39. The van der Waals surface area contributed by atoms with Gasteiger partial charge in [-0.1, -0.05) is 17.4 Å². The van der Waals surface area contributed by atoms with E-state index in [1.165, 1.54) is 6.07 Å². The standard InChI is InChI=1S/C11H9BrN2O3S/c1-7-6-18-11(15)13(7)5-8-2-3-9(12)10(4-8)14(16)17/h2-4,6H,5H2,1H3. The van der Waals surface area contributed by atoms with Gasteiger partial charge in [-0.05, 0) is 34.5 Å². The van der Waals surface area contributed by atoms with Crippen LogP contribution in [0.1, 0.15) is 11.3 Å². The summed E-state index contributed by atoms with van der Waals surface area (Å²) >= 11 is 4.26. The summed E-state index contributed by atoms with van der Waals surface area (Å²) in [4.78, 5) is 21.9. The van der Waals surface area contributed by atoms with Crippen LogP contribution in [0.4, 0.5) is 5.69 Å². The molecule has 0 aliphatic rings. The lowest BCUT2D eigenvalue weighted by Gasteiger charge is -2.05. The maximum Gasteiger partial charge on any atom is 0.307 e. The van der Waals surface area contributed by atoms with Crippen LogP contribution in [0.2, 0.25) is 0 Å². The van der Waals surface area contributed by atoms with E-state index >= 15 is 0 Å². The summed E-state index contributed by atoms with van der Waals surface area (Å²) in [5.74, 6) is 0. The summed E-state index contributed by atoms with van der Waals surface area (Å²) in [6.45, 7) is 2.19. The first kappa shape index (κ1) is 13.0. The molecule has 5 nitrogen and oxygen atoms in total. The van der Waals surface area contributed by atoms with Crippen LogP contribution in [0, 0.1) is 17.0 Å². The highest BCUT2D eigenvalue weighted by Crippen LogP contribution is 2.26. The van der Waals surface area contributed by atoms with Crippen LogP contribution in [0.5, 0.6) is 0 Å². The number of nitrogens with zero attached hydrogens (tertiary/aromatic N) is 2. The first-order valence-electron chi connectivity index (χ1n) is 5.07. The molecule has 0 fully saturated rings. The molecule has 18 heavy (non-hydrogen) atoms. The quantitative estimate of drug-likeness (QED) is 0.642. The molecule has 0 spiro atoms. The van der Waals surface area contributed by atoms with E-state index in [4.69, 9.17) is 0 Å². The maximum atomic E-state index is 11.6. The number of hydrogen-bond donors (Lipinski definition) is 0. The molecular weight excluding hydrogens is 320 g/mol. The van der Waals surface area contributed by atoms with Gasteiger partial charge in [0.1, 0.15) is 0 Å². The van der Waals surface area contributed by atoms with E-state index in [1.807, 2.05) is 6.92 Å². The van der Waals surface area contributed by atoms with Crippen molar-refractivity contribution < 1.29 is 4.92 Å². The molecule has 0 saturated carbocycles. The van der Waals surface area contributed by atoms with Gasteiger partial charge in [-0.2, -0.15) is 0 Å². The molecule has 1 aromatic heterocycles. The minimum Gasteiger partial charge on any atom is -0.299 e. The van der Waals surface area contributed by atoms with E-state index < -0.39 is 4.92 Å². The molecule has 0 saturated heterocycles. The normalized spacial score (nSPS) is 10.6. The van der Waals surface area contributed by atoms with Crippen LogP contribution < -0.4 is 4.87 Å². The Morgan fingerprint density at radius 3 is 2.78 bits per heavy atom. The number of rotatable bonds is 3. The number of thiazole rings is 1. The monoisotopic (exact) mass is 328 g/mol. The van der Waals surface area contributed by atoms with Crippen molar-refractivity contribution in [3.63, 3.8) is 0 Å². The number of halogens is 1. The third-order valence-electron chi connectivity index (χ3n) is 2.52. The van der Waals surface area contributed by atoms with Gasteiger partial charge in [0.15, 0.2) is 0 Å². The predicted octanol–water partition coefficient (Wildman–Crippen LogP) is 2.94. The van der Waals surface area contributed by atoms with Crippen LogP contribution in [0.3, 0.4) is 0 Å². The van der Waals surface area contributed by atoms with Gasteiger partial charge in [-0.15, -0.1) is 0 Å². The number of benzene rings is 1. The largest absolute Gasteiger partial charge is 0.307 e. The summed E-state index contributed by atoms with van der Waals surface area (Å²) in [7, 11) is 0. The number of nitro benzene ring substituents is 1. The van der Waals surface area contributed by atoms with Gasteiger partial charge in [-0.25, -0.2) is 0 Å². The van der Waals surface area contributed by atoms with Crippen molar-refractivity contribution in [3.05, 3.63) is 59.1 Å². The van der Waals surface area contributed by atoms with Crippen molar-refractivity contribution in [1.82, 2.24) is 4.57 Å². The molecule has 2 rings (SSSR count). The molecule has 1 heterocycles. The molecule has 2 aromatic rings. The zero-order chi connectivity index (χ0) is 13.3. The highest BCUT2D eigenvalue weighted by molar-refractivity contribution is 9.10. The Hall–Kier alpha value is -1.47. The molecule has 7 heteroatoms. The lowest BCUT2D eigenvalue weighted by Crippen LogP contribution is -2.15. The summed E-state index contributed by atoms with van der Waals surface area (Å²) in [5.41, 5.74) is 1.59. The van der Waals surface area contributed by atoms with Gasteiger partial charge in [0, 0.05) is 17.1 Å². The van der Waals surface area contributed by atoms with Crippen molar-refractivity contribution in [3.8, 4) is 0 Å². The highest BCUT2D eigenvalue weighted by Gasteiger charge is 2.13. The van der Waals surface area contributed by atoms with Gasteiger partial charge in [0.25, 0.3) is 5.69 Å². The molecule has 0 unspecified atom stereocenters. The third-order valence-corrected chi connectivity index (χ3v) is 4.08. The Labute approximate surface area is 115 Å². The maximum absolute atomic E-state index is 11.6. The van der Waals surface area contributed by atoms with E-state index in [0.29, 0.717) is 11.0 Å². The average Bonchev–Trinajstić information content (AvgIpc) is 2.63. The first-order chi connectivity index (χ1) is 8.49. The molecule has 0 bridgehead atoms. The van der Waals surface area contributed by atoms with E-state index in [2.05, 4.69) is 15.9 Å². The summed E-state index contributed by atoms with van der Waals surface area (Å²) in [6.07, 6.45) is 0. The molecule has 0 radical (unpaired) electrons. The van der Waals surface area contributed by atoms with Crippen LogP contribution in [0.25, 0.3) is 0 Å². The minimum atomic E-state index is -0.448. The van der Waals surface area contributed by atoms with Crippen LogP contribution in [-0.4, -0.2) is 9.49 Å². The van der Waals surface area contributed by atoms with Crippen molar-refractivity contribution in [2.75, 3.05) is 0 Å². The number of aromatic nitrogens is 1. The Kier molecular flexibility index (Phi) is 3.63. The zero-order valence-corrected chi connectivity index (χ0v) is 11.8. The van der Waals surface area contributed by atoms with Gasteiger partial charge < -0.3 is 0 Å². The molecule has 0 atom stereocenters. The van der Waals surface area contributed by atoms with Gasteiger partial charge in [0.2, 0.25) is 0 Å². The van der Waals surface area contributed by atoms with E-state index in [1.54, 1.807) is 22.1 Å². The lowest BCUT2D eigenvalue weighted by molar-refractivity contribution is -0.385. The third kappa shape index (κ3) is 2.51. The fourth-order valence-corrected chi connectivity index (χ4v) is 2.70. The Morgan fingerprint density at radius 2 is 2.22 bits per heavy atom. The topological polar surface area (TPSA) is 65.1 Å². The van der Waals surface area contributed by atoms with Gasteiger partial charge >= 0.3 is 4.87 Å². The van der Waals surface area contributed by atoms with Crippen molar-refractivity contribution in [2.24, 2.45) is 0 Å². The smallest absolute Gasteiger partial charge is 0.299 e. The van der Waals surface area contributed by atoms with Crippen LogP contribution in [0.15, 0.2) is 32.8 Å². The second kappa shape index (κ2) is 5.03. The summed E-state index contributed by atoms with van der Waals surface area (Å²) in [5, 5.41) is 12.6. The highest BCUT2D eigenvalue weighted by atomic mass is 79.9. The van der Waals surface area contributed by atoms with Crippen molar-refractivity contribution in [1.29, 1.82) is 0 Å². The fourth-order valence-electron chi connectivity index (χ4n) is 1.58. The SMILES string of the molecule is Cc1csc(=O)n1Cc1ccc(Br)c([N+](=O)[O-])c1. The molecule has 1 aromatic carbocycles. The Morgan fingerprint density at radius 1 is 1.50 bits per heavy atom. The van der Waals surface area contributed by atoms with E-state index in [9.17, 15) is 14.9 Å². The zero-order valence-electron chi connectivity index (χ0n) is 9.42. The predicted molar refractivity (Wildman–Crippen MR) is 73.2 cm³/mol. The van der Waals surface area contributed by atoms with E-state index in [-0.39, 0.29) is 10.6 Å². The number of nitro groups is 1. The number of hydrogen-bond acceptors (Lipinski definition) is 4. The molecule has 0 N–H and O–H groups in total.